The Morgan fingerprint density at radius 3 is 1.62 bits per heavy atom. The van der Waals surface area contributed by atoms with Crippen LogP contribution in [0.1, 0.15) is 0 Å². The average Bonchev–Trinajstić information content (AvgIpc) is 3.61. The van der Waals surface area contributed by atoms with Gasteiger partial charge in [-0.25, -0.2) is 0 Å². The Kier molecular flexibility index (Phi) is 5.90. The number of Topliss-reactive ketones (excluding diaryl/α,β-unsaturated/α-hetero) is 1. The summed E-state index contributed by atoms with van der Waals surface area (Å²) in [6.07, 6.45) is 4.82. The van der Waals surface area contributed by atoms with Crippen molar-refractivity contribution >= 4 is 22.9 Å². The maximum absolute atomic E-state index is 12.4. The van der Waals surface area contributed by atoms with Crippen LogP contribution in [-0.2, 0) is 26.7 Å². The van der Waals surface area contributed by atoms with Crippen LogP contribution in [0.2, 0.25) is 0 Å². The molecule has 4 N–H and O–H groups in total. The molecule has 32 heavy (non-hydrogen) atoms. The number of aromatic nitrogens is 2. The van der Waals surface area contributed by atoms with Gasteiger partial charge in [0.2, 0.25) is 11.6 Å². The van der Waals surface area contributed by atoms with Crippen molar-refractivity contribution in [1.29, 1.82) is 0 Å². The van der Waals surface area contributed by atoms with Crippen molar-refractivity contribution in [2.24, 2.45) is 0 Å². The van der Waals surface area contributed by atoms with E-state index in [4.69, 9.17) is 11.5 Å². The number of carbonyl (C=O) groups is 2. The quantitative estimate of drug-likeness (QED) is 0.371. The summed E-state index contributed by atoms with van der Waals surface area (Å²) >= 11 is 0. The monoisotopic (exact) mass is 473 g/mol. The number of hydrogen-bond donors (Lipinski definition) is 2. The summed E-state index contributed by atoms with van der Waals surface area (Å²) in [5.41, 5.74) is 16.0. The number of carbonyl (C=O) groups excluding carboxylic acids is 2. The second-order valence-corrected chi connectivity index (χ2v) is 7.83. The van der Waals surface area contributed by atoms with Gasteiger partial charge < -0.3 is 26.2 Å². The second kappa shape index (κ2) is 8.64. The van der Waals surface area contributed by atoms with E-state index < -0.39 is 0 Å². The van der Waals surface area contributed by atoms with Crippen LogP contribution in [-0.4, -0.2) is 75.5 Å². The SMILES string of the molecule is Nc1ccnc(-c2cc(N)ccn2)c1.O=C1C=C(N2CC2)C(=O)C(N2CC2)=C1N1CC1.[Fe]. The van der Waals surface area contributed by atoms with Crippen LogP contribution in [0.4, 0.5) is 11.4 Å². The fourth-order valence-corrected chi connectivity index (χ4v) is 3.45. The summed E-state index contributed by atoms with van der Waals surface area (Å²) in [4.78, 5) is 38.8. The Labute approximate surface area is 196 Å². The van der Waals surface area contributed by atoms with Gasteiger partial charge >= 0.3 is 0 Å². The average molecular weight is 473 g/mol. The number of rotatable bonds is 4. The number of hydrogen-bond acceptors (Lipinski definition) is 9. The van der Waals surface area contributed by atoms with E-state index in [0.29, 0.717) is 28.5 Å². The molecule has 0 bridgehead atoms. The van der Waals surface area contributed by atoms with Crippen LogP contribution < -0.4 is 11.5 Å². The van der Waals surface area contributed by atoms with Crippen molar-refractivity contribution < 1.29 is 26.7 Å². The van der Waals surface area contributed by atoms with E-state index in [9.17, 15) is 9.59 Å². The van der Waals surface area contributed by atoms with E-state index in [1.54, 1.807) is 36.7 Å². The van der Waals surface area contributed by atoms with Gasteiger partial charge in [-0.3, -0.25) is 19.6 Å². The summed E-state index contributed by atoms with van der Waals surface area (Å²) in [5, 5.41) is 0. The summed E-state index contributed by atoms with van der Waals surface area (Å²) in [5.74, 6) is 0.0485. The maximum Gasteiger partial charge on any atom is 0.227 e. The van der Waals surface area contributed by atoms with Gasteiger partial charge in [0.25, 0.3) is 0 Å². The van der Waals surface area contributed by atoms with Gasteiger partial charge in [-0.15, -0.1) is 0 Å². The first-order valence-electron chi connectivity index (χ1n) is 10.2. The number of nitrogen functional groups attached to an aromatic ring is 2. The third kappa shape index (κ3) is 4.61. The third-order valence-electron chi connectivity index (χ3n) is 5.32. The van der Waals surface area contributed by atoms with Crippen LogP contribution in [0.25, 0.3) is 11.4 Å². The van der Waals surface area contributed by atoms with E-state index >= 15 is 0 Å². The van der Waals surface area contributed by atoms with Gasteiger partial charge in [0, 0.05) is 86.2 Å². The number of allylic oxidation sites excluding steroid dienone is 1. The van der Waals surface area contributed by atoms with Crippen molar-refractivity contribution in [2.75, 3.05) is 50.7 Å². The van der Waals surface area contributed by atoms with Crippen LogP contribution in [0.5, 0.6) is 0 Å². The predicted molar refractivity (Wildman–Crippen MR) is 116 cm³/mol. The molecule has 2 aromatic rings. The molecular formula is C22H23FeN7O2. The summed E-state index contributed by atoms with van der Waals surface area (Å²) < 4.78 is 0. The van der Waals surface area contributed by atoms with Crippen molar-refractivity contribution in [1.82, 2.24) is 24.7 Å². The number of nitrogens with two attached hydrogens (primary N) is 2. The molecule has 166 valence electrons. The minimum Gasteiger partial charge on any atom is -0.399 e. The summed E-state index contributed by atoms with van der Waals surface area (Å²) in [7, 11) is 0. The molecule has 6 rings (SSSR count). The van der Waals surface area contributed by atoms with Gasteiger partial charge in [-0.1, -0.05) is 0 Å². The summed E-state index contributed by atoms with van der Waals surface area (Å²) in [6.45, 7) is 5.41. The standard InChI is InChI=1S/C12H13N3O2.C10H10N4.Fe/c16-9-7-8(13-1-2-13)12(17)11(15-5-6-15)10(9)14-3-4-14;11-7-1-3-13-9(5-7)10-6-8(12)2-4-14-10;/h7H,1-6H2;1-6H,(H2,11,13)(H2,12,14);. The van der Waals surface area contributed by atoms with Crippen molar-refractivity contribution in [3.8, 4) is 11.4 Å². The van der Waals surface area contributed by atoms with E-state index in [1.165, 1.54) is 6.08 Å². The van der Waals surface area contributed by atoms with Gasteiger partial charge in [0.1, 0.15) is 11.4 Å². The topological polar surface area (TPSA) is 121 Å². The molecule has 0 saturated carbocycles. The smallest absolute Gasteiger partial charge is 0.227 e. The van der Waals surface area contributed by atoms with Crippen molar-refractivity contribution in [3.63, 3.8) is 0 Å². The van der Waals surface area contributed by atoms with E-state index in [2.05, 4.69) is 9.97 Å². The van der Waals surface area contributed by atoms with E-state index in [0.717, 1.165) is 50.7 Å². The van der Waals surface area contributed by atoms with Crippen molar-refractivity contribution in [2.45, 2.75) is 0 Å². The Morgan fingerprint density at radius 1 is 0.719 bits per heavy atom. The van der Waals surface area contributed by atoms with Gasteiger partial charge in [0.05, 0.1) is 17.1 Å². The molecule has 9 nitrogen and oxygen atoms in total. The van der Waals surface area contributed by atoms with Crippen LogP contribution in [0.15, 0.2) is 59.8 Å². The van der Waals surface area contributed by atoms with Crippen LogP contribution in [0, 0.1) is 0 Å². The number of pyridine rings is 2. The Morgan fingerprint density at radius 2 is 1.19 bits per heavy atom. The molecule has 3 aliphatic heterocycles. The largest absolute Gasteiger partial charge is 0.399 e. The first-order chi connectivity index (χ1) is 15.0. The minimum atomic E-state index is 0. The van der Waals surface area contributed by atoms with E-state index in [1.807, 2.05) is 14.7 Å². The van der Waals surface area contributed by atoms with Crippen molar-refractivity contribution in [3.05, 3.63) is 59.8 Å². The molecule has 0 spiro atoms. The first-order valence-corrected chi connectivity index (χ1v) is 10.2. The minimum absolute atomic E-state index is 0. The molecular weight excluding hydrogens is 450 g/mol. The molecule has 3 saturated heterocycles. The van der Waals surface area contributed by atoms with Crippen LogP contribution in [0.3, 0.4) is 0 Å². The fourth-order valence-electron chi connectivity index (χ4n) is 3.45. The zero-order valence-electron chi connectivity index (χ0n) is 17.3. The first kappa shape index (κ1) is 21.9. The van der Waals surface area contributed by atoms with Gasteiger partial charge in [-0.2, -0.15) is 0 Å². The predicted octanol–water partition coefficient (Wildman–Crippen LogP) is 0.486. The molecule has 3 fully saturated rings. The third-order valence-corrected chi connectivity index (χ3v) is 5.32. The number of anilines is 2. The zero-order chi connectivity index (χ0) is 21.5. The molecule has 10 heteroatoms. The Balaban J connectivity index is 0.000000152. The molecule has 0 radical (unpaired) electrons. The Hall–Kier alpha value is -3.36. The fraction of sp³-hybridized carbons (Fsp3) is 0.273. The molecule has 0 aromatic carbocycles. The number of ketones is 2. The normalized spacial score (nSPS) is 18.5. The van der Waals surface area contributed by atoms with Crippen LogP contribution >= 0.6 is 0 Å². The summed E-state index contributed by atoms with van der Waals surface area (Å²) in [6, 6.07) is 7.00. The molecule has 0 amide bonds. The molecule has 4 aliphatic rings. The molecule has 0 unspecified atom stereocenters. The van der Waals surface area contributed by atoms with Gasteiger partial charge in [0.15, 0.2) is 0 Å². The second-order valence-electron chi connectivity index (χ2n) is 7.83. The Bertz CT molecular complexity index is 1090. The molecule has 1 aliphatic carbocycles. The van der Waals surface area contributed by atoms with Gasteiger partial charge in [-0.05, 0) is 24.3 Å². The molecule has 2 aromatic heterocycles. The zero-order valence-corrected chi connectivity index (χ0v) is 18.4. The molecule has 5 heterocycles. The number of nitrogens with zero attached hydrogens (tertiary/aromatic N) is 5. The van der Waals surface area contributed by atoms with E-state index in [-0.39, 0.29) is 28.6 Å². The maximum atomic E-state index is 12.4. The molecule has 0 atom stereocenters.